The third-order valence-electron chi connectivity index (χ3n) is 2.91. The van der Waals surface area contributed by atoms with Gasteiger partial charge in [-0.25, -0.2) is 4.98 Å². The zero-order valence-corrected chi connectivity index (χ0v) is 12.2. The van der Waals surface area contributed by atoms with E-state index in [2.05, 4.69) is 22.1 Å². The number of thiophene rings is 1. The van der Waals surface area contributed by atoms with Gasteiger partial charge >= 0.3 is 0 Å². The summed E-state index contributed by atoms with van der Waals surface area (Å²) in [6, 6.07) is 1.78. The molecule has 2 N–H and O–H groups in total. The van der Waals surface area contributed by atoms with Crippen molar-refractivity contribution in [3.8, 4) is 11.8 Å². The molecule has 2 heterocycles. The van der Waals surface area contributed by atoms with Gasteiger partial charge in [0.25, 0.3) is 5.91 Å². The van der Waals surface area contributed by atoms with Gasteiger partial charge in [0.2, 0.25) is 0 Å². The van der Waals surface area contributed by atoms with Gasteiger partial charge in [-0.15, -0.1) is 22.7 Å². The van der Waals surface area contributed by atoms with Crippen LogP contribution in [0.4, 0.5) is 5.13 Å². The van der Waals surface area contributed by atoms with Crippen molar-refractivity contribution in [2.24, 2.45) is 0 Å². The summed E-state index contributed by atoms with van der Waals surface area (Å²) < 4.78 is 0. The number of carbonyl (C=O) groups is 1. The number of rotatable bonds is 3. The van der Waals surface area contributed by atoms with Gasteiger partial charge in [0, 0.05) is 16.9 Å². The summed E-state index contributed by atoms with van der Waals surface area (Å²) in [5.41, 5.74) is 1.72. The zero-order valence-electron chi connectivity index (χ0n) is 10.5. The molecule has 0 bridgehead atoms. The molecule has 0 unspecified atom stereocenters. The second kappa shape index (κ2) is 5.75. The van der Waals surface area contributed by atoms with Crippen LogP contribution < -0.4 is 5.32 Å². The standard InChI is InChI=1S/C14H12N2O2S2/c17-6-1-2-10-5-7-19-12(10)13(18)16-14-15-11(8-20-14)9-3-4-9/h5,7-9,17H,3-4,6H2,(H,15,16,18). The molecule has 3 rings (SSSR count). The van der Waals surface area contributed by atoms with Crippen LogP contribution in [-0.2, 0) is 0 Å². The maximum Gasteiger partial charge on any atom is 0.268 e. The predicted molar refractivity (Wildman–Crippen MR) is 80.3 cm³/mol. The molecule has 0 atom stereocenters. The molecular formula is C14H12N2O2S2. The molecule has 0 aromatic carbocycles. The average Bonchev–Trinajstić information content (AvgIpc) is 3.01. The van der Waals surface area contributed by atoms with Crippen LogP contribution in [0.2, 0.25) is 0 Å². The normalized spacial score (nSPS) is 13.7. The van der Waals surface area contributed by atoms with Crippen LogP contribution in [-0.4, -0.2) is 22.6 Å². The van der Waals surface area contributed by atoms with E-state index in [9.17, 15) is 4.79 Å². The van der Waals surface area contributed by atoms with Crippen molar-refractivity contribution in [1.82, 2.24) is 4.98 Å². The summed E-state index contributed by atoms with van der Waals surface area (Å²) in [6.45, 7) is -0.214. The Balaban J connectivity index is 1.73. The minimum atomic E-state index is -0.214. The van der Waals surface area contributed by atoms with Gasteiger partial charge in [-0.1, -0.05) is 11.8 Å². The van der Waals surface area contributed by atoms with Crippen molar-refractivity contribution in [3.05, 3.63) is 33.0 Å². The van der Waals surface area contributed by atoms with Crippen molar-refractivity contribution >= 4 is 33.7 Å². The van der Waals surface area contributed by atoms with Crippen LogP contribution in [0.1, 0.15) is 39.7 Å². The molecule has 2 aromatic heterocycles. The van der Waals surface area contributed by atoms with E-state index in [1.807, 2.05) is 10.8 Å². The van der Waals surface area contributed by atoms with Crippen LogP contribution in [0.5, 0.6) is 0 Å². The molecule has 0 radical (unpaired) electrons. The lowest BCUT2D eigenvalue weighted by atomic mass is 10.2. The Morgan fingerprint density at radius 3 is 3.10 bits per heavy atom. The zero-order chi connectivity index (χ0) is 13.9. The topological polar surface area (TPSA) is 62.2 Å². The molecule has 0 aliphatic heterocycles. The second-order valence-corrected chi connectivity index (χ2v) is 6.20. The predicted octanol–water partition coefficient (Wildman–Crippen LogP) is 2.68. The van der Waals surface area contributed by atoms with Crippen LogP contribution in [0.15, 0.2) is 16.8 Å². The molecule has 4 nitrogen and oxygen atoms in total. The molecule has 1 aliphatic carbocycles. The molecule has 1 fully saturated rings. The van der Waals surface area contributed by atoms with Gasteiger partial charge in [-0.3, -0.25) is 10.1 Å². The van der Waals surface area contributed by atoms with Gasteiger partial charge in [-0.2, -0.15) is 0 Å². The molecule has 102 valence electrons. The SMILES string of the molecule is O=C(Nc1nc(C2CC2)cs1)c1sccc1C#CCO. The third-order valence-corrected chi connectivity index (χ3v) is 4.60. The number of aliphatic hydroxyl groups excluding tert-OH is 1. The van der Waals surface area contributed by atoms with Crippen LogP contribution in [0, 0.1) is 11.8 Å². The number of anilines is 1. The molecule has 0 saturated heterocycles. The van der Waals surface area contributed by atoms with E-state index < -0.39 is 0 Å². The van der Waals surface area contributed by atoms with E-state index in [4.69, 9.17) is 5.11 Å². The quantitative estimate of drug-likeness (QED) is 0.857. The molecule has 20 heavy (non-hydrogen) atoms. The highest BCUT2D eigenvalue weighted by Crippen LogP contribution is 2.40. The summed E-state index contributed by atoms with van der Waals surface area (Å²) in [5.74, 6) is 5.72. The van der Waals surface area contributed by atoms with Crippen molar-refractivity contribution in [2.45, 2.75) is 18.8 Å². The van der Waals surface area contributed by atoms with Crippen molar-refractivity contribution in [3.63, 3.8) is 0 Å². The molecule has 2 aromatic rings. The maximum atomic E-state index is 12.2. The van der Waals surface area contributed by atoms with Gasteiger partial charge in [0.1, 0.15) is 11.5 Å². The highest BCUT2D eigenvalue weighted by atomic mass is 32.1. The van der Waals surface area contributed by atoms with Gasteiger partial charge < -0.3 is 5.11 Å². The average molecular weight is 304 g/mol. The lowest BCUT2D eigenvalue weighted by molar-refractivity contribution is 0.103. The number of carbonyl (C=O) groups excluding carboxylic acids is 1. The lowest BCUT2D eigenvalue weighted by Crippen LogP contribution is -2.11. The fourth-order valence-electron chi connectivity index (χ4n) is 1.78. The first-order valence-corrected chi connectivity index (χ1v) is 7.98. The summed E-state index contributed by atoms with van der Waals surface area (Å²) in [5, 5.41) is 16.0. The van der Waals surface area contributed by atoms with Crippen LogP contribution in [0.3, 0.4) is 0 Å². The number of aliphatic hydroxyl groups is 1. The first kappa shape index (κ1) is 13.3. The minimum absolute atomic E-state index is 0.195. The van der Waals surface area contributed by atoms with Crippen molar-refractivity contribution in [1.29, 1.82) is 0 Å². The maximum absolute atomic E-state index is 12.2. The number of aromatic nitrogens is 1. The summed E-state index contributed by atoms with van der Waals surface area (Å²) in [6.07, 6.45) is 2.39. The Kier molecular flexibility index (Phi) is 3.83. The van der Waals surface area contributed by atoms with E-state index in [1.54, 1.807) is 6.07 Å². The molecular weight excluding hydrogens is 292 g/mol. The van der Waals surface area contributed by atoms with E-state index in [0.717, 1.165) is 5.69 Å². The lowest BCUT2D eigenvalue weighted by Gasteiger charge is -1.99. The van der Waals surface area contributed by atoms with E-state index in [1.165, 1.54) is 35.5 Å². The first-order chi connectivity index (χ1) is 9.78. The number of nitrogens with zero attached hydrogens (tertiary/aromatic N) is 1. The third kappa shape index (κ3) is 2.90. The Morgan fingerprint density at radius 2 is 2.35 bits per heavy atom. The smallest absolute Gasteiger partial charge is 0.268 e. The monoisotopic (exact) mass is 304 g/mol. The highest BCUT2D eigenvalue weighted by molar-refractivity contribution is 7.14. The Bertz CT molecular complexity index is 689. The first-order valence-electron chi connectivity index (χ1n) is 6.22. The second-order valence-electron chi connectivity index (χ2n) is 4.43. The number of hydrogen-bond acceptors (Lipinski definition) is 5. The number of nitrogens with one attached hydrogen (secondary N) is 1. The largest absolute Gasteiger partial charge is 0.384 e. The number of amides is 1. The molecule has 1 amide bonds. The summed E-state index contributed by atoms with van der Waals surface area (Å²) >= 11 is 2.79. The molecule has 1 saturated carbocycles. The van der Waals surface area contributed by atoms with Gasteiger partial charge in [-0.05, 0) is 24.3 Å². The fourth-order valence-corrected chi connectivity index (χ4v) is 3.31. The summed E-state index contributed by atoms with van der Waals surface area (Å²) in [7, 11) is 0. The van der Waals surface area contributed by atoms with Crippen LogP contribution in [0.25, 0.3) is 0 Å². The van der Waals surface area contributed by atoms with E-state index in [0.29, 0.717) is 21.5 Å². The van der Waals surface area contributed by atoms with Crippen molar-refractivity contribution < 1.29 is 9.90 Å². The van der Waals surface area contributed by atoms with Gasteiger partial charge in [0.05, 0.1) is 5.69 Å². The number of hydrogen-bond donors (Lipinski definition) is 2. The molecule has 1 aliphatic rings. The Hall–Kier alpha value is -1.68. The van der Waals surface area contributed by atoms with Crippen molar-refractivity contribution in [2.75, 3.05) is 11.9 Å². The van der Waals surface area contributed by atoms with E-state index in [-0.39, 0.29) is 12.5 Å². The van der Waals surface area contributed by atoms with E-state index >= 15 is 0 Å². The molecule has 6 heteroatoms. The van der Waals surface area contributed by atoms with Crippen LogP contribution >= 0.6 is 22.7 Å². The summed E-state index contributed by atoms with van der Waals surface area (Å²) in [4.78, 5) is 17.2. The fraction of sp³-hybridized carbons (Fsp3) is 0.286. The van der Waals surface area contributed by atoms with Gasteiger partial charge in [0.15, 0.2) is 5.13 Å². The highest BCUT2D eigenvalue weighted by Gasteiger charge is 2.26. The number of thiazole rings is 1. The molecule has 0 spiro atoms. The Labute approximate surface area is 124 Å². The Morgan fingerprint density at radius 1 is 1.50 bits per heavy atom. The minimum Gasteiger partial charge on any atom is -0.384 e.